The number of amides is 2. The molecule has 0 unspecified atom stereocenters. The van der Waals surface area contributed by atoms with Gasteiger partial charge in [-0.05, 0) is 48.1 Å². The van der Waals surface area contributed by atoms with Crippen LogP contribution in [0, 0.1) is 6.92 Å². The molecule has 0 fully saturated rings. The number of benzene rings is 3. The Morgan fingerprint density at radius 3 is 2.39 bits per heavy atom. The number of carbonyl (C=O) groups is 2. The summed E-state index contributed by atoms with van der Waals surface area (Å²) in [6.07, 6.45) is -0.515. The monoisotopic (exact) mass is 614 g/mol. The average Bonchev–Trinajstić information content (AvgIpc) is 3.41. The van der Waals surface area contributed by atoms with Crippen LogP contribution in [0.5, 0.6) is 5.75 Å². The number of aliphatic hydroxyl groups excluding tert-OH is 1. The van der Waals surface area contributed by atoms with E-state index in [0.29, 0.717) is 30.6 Å². The van der Waals surface area contributed by atoms with E-state index in [0.717, 1.165) is 27.4 Å². The van der Waals surface area contributed by atoms with Gasteiger partial charge in [0.05, 0.1) is 18.7 Å². The summed E-state index contributed by atoms with van der Waals surface area (Å²) < 4.78 is 0. The Hall–Kier alpha value is -4.05. The van der Waals surface area contributed by atoms with Crippen molar-refractivity contribution in [2.45, 2.75) is 64.8 Å². The molecule has 0 aliphatic carbocycles. The highest BCUT2D eigenvalue weighted by atomic mass is 32.1. The van der Waals surface area contributed by atoms with E-state index in [2.05, 4.69) is 15.6 Å². The second kappa shape index (κ2) is 14.6. The largest absolute Gasteiger partial charge is 0.507 e. The summed E-state index contributed by atoms with van der Waals surface area (Å²) in [6, 6.07) is 21.4. The van der Waals surface area contributed by atoms with Crippen LogP contribution in [0.25, 0.3) is 0 Å². The maximum atomic E-state index is 13.5. The molecule has 0 saturated heterocycles. The van der Waals surface area contributed by atoms with Gasteiger partial charge < -0.3 is 25.7 Å². The van der Waals surface area contributed by atoms with Crippen molar-refractivity contribution in [2.24, 2.45) is 0 Å². The zero-order valence-corrected chi connectivity index (χ0v) is 26.8. The number of phenolic OH excluding ortho intramolecular Hbond substituents is 1. The number of phenols is 1. The fourth-order valence-electron chi connectivity index (χ4n) is 5.00. The third-order valence-electron chi connectivity index (χ3n) is 7.43. The van der Waals surface area contributed by atoms with Crippen LogP contribution in [-0.4, -0.2) is 57.6 Å². The van der Waals surface area contributed by atoms with E-state index in [-0.39, 0.29) is 29.5 Å². The number of nitrogens with one attached hydrogen (secondary N) is 2. The van der Waals surface area contributed by atoms with Crippen LogP contribution < -0.4 is 10.6 Å². The molecule has 3 aromatic carbocycles. The van der Waals surface area contributed by atoms with Crippen molar-refractivity contribution in [1.82, 2.24) is 20.5 Å². The lowest BCUT2D eigenvalue weighted by Gasteiger charge is -2.26. The van der Waals surface area contributed by atoms with Crippen molar-refractivity contribution in [3.05, 3.63) is 117 Å². The van der Waals surface area contributed by atoms with E-state index >= 15 is 0 Å². The van der Waals surface area contributed by atoms with Gasteiger partial charge in [0.2, 0.25) is 0 Å². The molecule has 2 amide bonds. The highest BCUT2D eigenvalue weighted by Gasteiger charge is 2.24. The van der Waals surface area contributed by atoms with Crippen LogP contribution in [0.3, 0.4) is 0 Å². The van der Waals surface area contributed by atoms with Gasteiger partial charge in [-0.25, -0.2) is 4.98 Å². The van der Waals surface area contributed by atoms with Gasteiger partial charge in [0.15, 0.2) is 0 Å². The normalized spacial score (nSPS) is 12.9. The minimum atomic E-state index is -0.926. The Morgan fingerprint density at radius 2 is 1.70 bits per heavy atom. The van der Waals surface area contributed by atoms with Gasteiger partial charge in [-0.1, -0.05) is 75.4 Å². The molecule has 232 valence electrons. The molecular formula is C35H42N4O4S. The SMILES string of the molecule is Cc1csc(CN(C)C(=O)c2cccc(C(=O)N[C@@H](Cc3ccccc3)[C@H](O)CNCc3cccc(C(C)(C)C)c3O)c2)n1. The van der Waals surface area contributed by atoms with E-state index in [1.165, 1.54) is 11.3 Å². The van der Waals surface area contributed by atoms with Gasteiger partial charge >= 0.3 is 0 Å². The number of aliphatic hydroxyl groups is 1. The number of carbonyl (C=O) groups excluding carboxylic acids is 2. The second-order valence-electron chi connectivity index (χ2n) is 12.2. The maximum Gasteiger partial charge on any atom is 0.253 e. The summed E-state index contributed by atoms with van der Waals surface area (Å²) in [7, 11) is 1.71. The molecule has 4 aromatic rings. The van der Waals surface area contributed by atoms with Gasteiger partial charge in [-0.3, -0.25) is 9.59 Å². The van der Waals surface area contributed by atoms with E-state index in [1.54, 1.807) is 36.2 Å². The lowest BCUT2D eigenvalue weighted by atomic mass is 9.85. The fraction of sp³-hybridized carbons (Fsp3) is 0.343. The molecule has 0 saturated carbocycles. The Labute approximate surface area is 263 Å². The van der Waals surface area contributed by atoms with Crippen molar-refractivity contribution in [1.29, 1.82) is 0 Å². The summed E-state index contributed by atoms with van der Waals surface area (Å²) in [4.78, 5) is 32.6. The van der Waals surface area contributed by atoms with Gasteiger partial charge in [0.1, 0.15) is 10.8 Å². The molecule has 1 heterocycles. The van der Waals surface area contributed by atoms with Crippen molar-refractivity contribution in [2.75, 3.05) is 13.6 Å². The Morgan fingerprint density at radius 1 is 1.00 bits per heavy atom. The van der Waals surface area contributed by atoms with Gasteiger partial charge in [0.25, 0.3) is 11.8 Å². The summed E-state index contributed by atoms with van der Waals surface area (Å²) in [5.41, 5.74) is 4.00. The van der Waals surface area contributed by atoms with Crippen LogP contribution in [0.2, 0.25) is 0 Å². The molecule has 0 bridgehead atoms. The molecule has 1 aromatic heterocycles. The zero-order valence-electron chi connectivity index (χ0n) is 26.0. The molecule has 8 nitrogen and oxygen atoms in total. The first-order chi connectivity index (χ1) is 20.9. The van der Waals surface area contributed by atoms with E-state index in [4.69, 9.17) is 0 Å². The van der Waals surface area contributed by atoms with E-state index in [9.17, 15) is 19.8 Å². The quantitative estimate of drug-likeness (QED) is 0.174. The number of aromatic hydroxyl groups is 1. The highest BCUT2D eigenvalue weighted by molar-refractivity contribution is 7.09. The predicted octanol–water partition coefficient (Wildman–Crippen LogP) is 5.22. The Balaban J connectivity index is 1.44. The number of hydrogen-bond donors (Lipinski definition) is 4. The van der Waals surface area contributed by atoms with Crippen LogP contribution >= 0.6 is 11.3 Å². The average molecular weight is 615 g/mol. The summed E-state index contributed by atoms with van der Waals surface area (Å²) in [5, 5.41) is 31.1. The summed E-state index contributed by atoms with van der Waals surface area (Å²) >= 11 is 1.50. The second-order valence-corrected chi connectivity index (χ2v) is 13.1. The number of thiazole rings is 1. The van der Waals surface area contributed by atoms with Crippen molar-refractivity contribution >= 4 is 23.2 Å². The third kappa shape index (κ3) is 8.75. The van der Waals surface area contributed by atoms with Gasteiger partial charge in [-0.15, -0.1) is 11.3 Å². The Kier molecular flexibility index (Phi) is 10.9. The molecule has 4 rings (SSSR count). The number of nitrogens with zero attached hydrogens (tertiary/aromatic N) is 2. The van der Waals surface area contributed by atoms with Crippen molar-refractivity contribution < 1.29 is 19.8 Å². The van der Waals surface area contributed by atoms with Crippen LogP contribution in [-0.2, 0) is 24.9 Å². The van der Waals surface area contributed by atoms with Crippen molar-refractivity contribution in [3.63, 3.8) is 0 Å². The van der Waals surface area contributed by atoms with Crippen molar-refractivity contribution in [3.8, 4) is 5.75 Å². The number of rotatable bonds is 12. The first-order valence-electron chi connectivity index (χ1n) is 14.7. The topological polar surface area (TPSA) is 115 Å². The fourth-order valence-corrected chi connectivity index (χ4v) is 5.83. The first-order valence-corrected chi connectivity index (χ1v) is 15.6. The molecule has 9 heteroatoms. The number of para-hydroxylation sites is 1. The van der Waals surface area contributed by atoms with Gasteiger partial charge in [0, 0.05) is 47.9 Å². The molecule has 2 atom stereocenters. The van der Waals surface area contributed by atoms with Crippen LogP contribution in [0.15, 0.2) is 78.2 Å². The minimum Gasteiger partial charge on any atom is -0.507 e. The van der Waals surface area contributed by atoms with Gasteiger partial charge in [-0.2, -0.15) is 0 Å². The molecule has 0 radical (unpaired) electrons. The van der Waals surface area contributed by atoms with Crippen LogP contribution in [0.4, 0.5) is 0 Å². The third-order valence-corrected chi connectivity index (χ3v) is 8.38. The Bertz CT molecular complexity index is 1560. The first kappa shape index (κ1) is 32.9. The highest BCUT2D eigenvalue weighted by Crippen LogP contribution is 2.33. The van der Waals surface area contributed by atoms with E-state index in [1.807, 2.05) is 81.6 Å². The smallest absolute Gasteiger partial charge is 0.253 e. The maximum absolute atomic E-state index is 13.5. The molecule has 44 heavy (non-hydrogen) atoms. The zero-order chi connectivity index (χ0) is 31.9. The lowest BCUT2D eigenvalue weighted by Crippen LogP contribution is -2.48. The number of aryl methyl sites for hydroxylation is 1. The molecular weight excluding hydrogens is 572 g/mol. The summed E-state index contributed by atoms with van der Waals surface area (Å²) in [6.45, 7) is 8.99. The molecule has 4 N–H and O–H groups in total. The number of hydrogen-bond acceptors (Lipinski definition) is 7. The molecule has 0 aliphatic heterocycles. The van der Waals surface area contributed by atoms with Crippen LogP contribution in [0.1, 0.15) is 68.9 Å². The predicted molar refractivity (Wildman–Crippen MR) is 175 cm³/mol. The number of aromatic nitrogens is 1. The molecule has 0 aliphatic rings. The summed E-state index contributed by atoms with van der Waals surface area (Å²) in [5.74, 6) is -0.345. The lowest BCUT2D eigenvalue weighted by molar-refractivity contribution is 0.0784. The molecule has 0 spiro atoms. The minimum absolute atomic E-state index is 0.191. The van der Waals surface area contributed by atoms with E-state index < -0.39 is 12.1 Å². The standard InChI is InChI=1S/C35H42N4O4S/c1-23-22-44-31(37-23)21-39(5)34(43)26-14-9-13-25(18-26)33(42)38-29(17-24-11-7-6-8-12-24)30(40)20-36-19-27-15-10-16-28(32(27)41)35(2,3)4/h6-16,18,22,29-30,36,40-41H,17,19-21H2,1-5H3,(H,38,42)/t29-,30+/m0/s1.